The Morgan fingerprint density at radius 1 is 1.38 bits per heavy atom. The molecule has 1 aliphatic heterocycles. The Morgan fingerprint density at radius 2 is 2.19 bits per heavy atom. The zero-order valence-corrected chi connectivity index (χ0v) is 13.9. The van der Waals surface area contributed by atoms with E-state index in [-0.39, 0.29) is 5.54 Å². The molecular formula is C17H29N3O. The van der Waals surface area contributed by atoms with Gasteiger partial charge in [-0.05, 0) is 45.7 Å². The molecule has 0 amide bonds. The number of nitrogens with zero attached hydrogens (tertiary/aromatic N) is 2. The monoisotopic (exact) mass is 291 g/mol. The van der Waals surface area contributed by atoms with Crippen molar-refractivity contribution < 1.29 is 4.74 Å². The van der Waals surface area contributed by atoms with Gasteiger partial charge in [-0.15, -0.1) is 0 Å². The van der Waals surface area contributed by atoms with Crippen LogP contribution < -0.4 is 5.32 Å². The van der Waals surface area contributed by atoms with E-state index < -0.39 is 0 Å². The van der Waals surface area contributed by atoms with Crippen molar-refractivity contribution in [3.8, 4) is 0 Å². The molecule has 0 saturated carbocycles. The molecule has 4 heteroatoms. The van der Waals surface area contributed by atoms with Crippen molar-refractivity contribution in [2.24, 2.45) is 0 Å². The lowest BCUT2D eigenvalue weighted by Gasteiger charge is -2.22. The van der Waals surface area contributed by atoms with Crippen LogP contribution in [0.3, 0.4) is 0 Å². The smallest absolute Gasteiger partial charge is 0.0674 e. The summed E-state index contributed by atoms with van der Waals surface area (Å²) in [6.45, 7) is 13.4. The van der Waals surface area contributed by atoms with E-state index in [0.29, 0.717) is 6.10 Å². The van der Waals surface area contributed by atoms with E-state index in [0.717, 1.165) is 44.9 Å². The van der Waals surface area contributed by atoms with Gasteiger partial charge in [-0.1, -0.05) is 6.07 Å². The highest BCUT2D eigenvalue weighted by atomic mass is 16.5. The molecule has 1 aromatic rings. The second kappa shape index (κ2) is 7.34. The molecular weight excluding hydrogens is 262 g/mol. The van der Waals surface area contributed by atoms with Gasteiger partial charge in [0.25, 0.3) is 0 Å². The third-order valence-electron chi connectivity index (χ3n) is 3.63. The second-order valence-corrected chi connectivity index (χ2v) is 7.03. The first kappa shape index (κ1) is 16.4. The highest BCUT2D eigenvalue weighted by molar-refractivity contribution is 5.14. The predicted octanol–water partition coefficient (Wildman–Crippen LogP) is 2.58. The summed E-state index contributed by atoms with van der Waals surface area (Å²) >= 11 is 0. The quantitative estimate of drug-likeness (QED) is 0.925. The molecule has 21 heavy (non-hydrogen) atoms. The summed E-state index contributed by atoms with van der Waals surface area (Å²) in [6, 6.07) is 4.33. The van der Waals surface area contributed by atoms with Crippen molar-refractivity contribution in [2.75, 3.05) is 19.7 Å². The molecule has 118 valence electrons. The molecule has 1 saturated heterocycles. The molecule has 2 rings (SSSR count). The van der Waals surface area contributed by atoms with Gasteiger partial charge in [-0.2, -0.15) is 0 Å². The number of pyridine rings is 1. The largest absolute Gasteiger partial charge is 0.377 e. The zero-order chi connectivity index (χ0) is 15.3. The van der Waals surface area contributed by atoms with Crippen LogP contribution in [0.4, 0.5) is 0 Å². The van der Waals surface area contributed by atoms with Gasteiger partial charge >= 0.3 is 0 Å². The normalized spacial score (nSPS) is 21.2. The fourth-order valence-corrected chi connectivity index (χ4v) is 2.47. The summed E-state index contributed by atoms with van der Waals surface area (Å²) in [6.07, 6.45) is 3.42. The molecule has 0 spiro atoms. The van der Waals surface area contributed by atoms with Crippen molar-refractivity contribution >= 4 is 0 Å². The van der Waals surface area contributed by atoms with Crippen LogP contribution in [0.15, 0.2) is 18.3 Å². The van der Waals surface area contributed by atoms with Gasteiger partial charge in [0.15, 0.2) is 0 Å². The molecule has 0 bridgehead atoms. The summed E-state index contributed by atoms with van der Waals surface area (Å²) in [5.41, 5.74) is 2.52. The fraction of sp³-hybridized carbons (Fsp3) is 0.706. The van der Waals surface area contributed by atoms with Gasteiger partial charge in [0.1, 0.15) is 0 Å². The number of nitrogens with one attached hydrogen (secondary N) is 1. The Morgan fingerprint density at radius 3 is 2.86 bits per heavy atom. The van der Waals surface area contributed by atoms with Gasteiger partial charge in [-0.3, -0.25) is 9.88 Å². The first-order valence-corrected chi connectivity index (χ1v) is 7.95. The minimum atomic E-state index is 0.140. The Kier molecular flexibility index (Phi) is 5.73. The van der Waals surface area contributed by atoms with E-state index in [1.807, 2.05) is 6.20 Å². The second-order valence-electron chi connectivity index (χ2n) is 7.03. The predicted molar refractivity (Wildman–Crippen MR) is 86.1 cm³/mol. The Hall–Kier alpha value is -0.970. The summed E-state index contributed by atoms with van der Waals surface area (Å²) in [7, 11) is 0. The number of rotatable bonds is 4. The first-order valence-electron chi connectivity index (χ1n) is 7.95. The van der Waals surface area contributed by atoms with E-state index in [4.69, 9.17) is 4.74 Å². The molecule has 1 aromatic heterocycles. The minimum absolute atomic E-state index is 0.140. The van der Waals surface area contributed by atoms with Crippen LogP contribution in [0.25, 0.3) is 0 Å². The van der Waals surface area contributed by atoms with Gasteiger partial charge in [0.05, 0.1) is 11.8 Å². The van der Waals surface area contributed by atoms with Crippen LogP contribution in [0.5, 0.6) is 0 Å². The van der Waals surface area contributed by atoms with E-state index in [1.165, 1.54) is 5.56 Å². The summed E-state index contributed by atoms with van der Waals surface area (Å²) in [4.78, 5) is 7.04. The van der Waals surface area contributed by atoms with Crippen LogP contribution in [-0.4, -0.2) is 41.2 Å². The number of ether oxygens (including phenoxy) is 1. The molecule has 1 aliphatic rings. The fourth-order valence-electron chi connectivity index (χ4n) is 2.47. The standard InChI is InChI=1S/C17H29N3O/c1-14-12-20(8-5-9-21-14)13-16-7-6-15(10-18-16)11-19-17(2,3)4/h6-7,10,14,19H,5,8-9,11-13H2,1-4H3. The van der Waals surface area contributed by atoms with Gasteiger partial charge in [0, 0.05) is 44.5 Å². The number of hydrogen-bond donors (Lipinski definition) is 1. The SMILES string of the molecule is CC1CN(Cc2ccc(CNC(C)(C)C)cn2)CCCO1. The topological polar surface area (TPSA) is 37.4 Å². The summed E-state index contributed by atoms with van der Waals surface area (Å²) < 4.78 is 5.68. The van der Waals surface area contributed by atoms with Gasteiger partial charge < -0.3 is 10.1 Å². The molecule has 1 fully saturated rings. The van der Waals surface area contributed by atoms with Crippen molar-refractivity contribution in [1.82, 2.24) is 15.2 Å². The van der Waals surface area contributed by atoms with Crippen molar-refractivity contribution in [2.45, 2.75) is 58.8 Å². The van der Waals surface area contributed by atoms with Crippen molar-refractivity contribution in [1.29, 1.82) is 0 Å². The van der Waals surface area contributed by atoms with Gasteiger partial charge in [-0.25, -0.2) is 0 Å². The van der Waals surface area contributed by atoms with E-state index in [9.17, 15) is 0 Å². The highest BCUT2D eigenvalue weighted by Gasteiger charge is 2.15. The minimum Gasteiger partial charge on any atom is -0.377 e. The maximum absolute atomic E-state index is 5.68. The molecule has 1 unspecified atom stereocenters. The van der Waals surface area contributed by atoms with E-state index in [1.54, 1.807) is 0 Å². The molecule has 0 aromatic carbocycles. The molecule has 0 aliphatic carbocycles. The van der Waals surface area contributed by atoms with Crippen LogP contribution >= 0.6 is 0 Å². The van der Waals surface area contributed by atoms with Crippen molar-refractivity contribution in [3.63, 3.8) is 0 Å². The maximum atomic E-state index is 5.68. The maximum Gasteiger partial charge on any atom is 0.0674 e. The average Bonchev–Trinajstić information content (AvgIpc) is 2.61. The van der Waals surface area contributed by atoms with Crippen LogP contribution in [0.1, 0.15) is 45.4 Å². The molecule has 0 radical (unpaired) electrons. The van der Waals surface area contributed by atoms with E-state index >= 15 is 0 Å². The lowest BCUT2D eigenvalue weighted by atomic mass is 10.1. The molecule has 1 atom stereocenters. The first-order chi connectivity index (χ1) is 9.92. The van der Waals surface area contributed by atoms with Crippen LogP contribution in [-0.2, 0) is 17.8 Å². The third-order valence-corrected chi connectivity index (χ3v) is 3.63. The number of aromatic nitrogens is 1. The van der Waals surface area contributed by atoms with Crippen molar-refractivity contribution in [3.05, 3.63) is 29.6 Å². The summed E-state index contributed by atoms with van der Waals surface area (Å²) in [5.74, 6) is 0. The Labute approximate surface area is 128 Å². The molecule has 1 N–H and O–H groups in total. The van der Waals surface area contributed by atoms with Gasteiger partial charge in [0.2, 0.25) is 0 Å². The lowest BCUT2D eigenvalue weighted by molar-refractivity contribution is 0.0666. The number of hydrogen-bond acceptors (Lipinski definition) is 4. The highest BCUT2D eigenvalue weighted by Crippen LogP contribution is 2.10. The molecule has 4 nitrogen and oxygen atoms in total. The van der Waals surface area contributed by atoms with Crippen LogP contribution in [0, 0.1) is 0 Å². The zero-order valence-electron chi connectivity index (χ0n) is 13.9. The Bertz CT molecular complexity index is 425. The van der Waals surface area contributed by atoms with Crippen LogP contribution in [0.2, 0.25) is 0 Å². The lowest BCUT2D eigenvalue weighted by Crippen LogP contribution is -2.35. The molecule has 2 heterocycles. The van der Waals surface area contributed by atoms with E-state index in [2.05, 4.69) is 55.0 Å². The third kappa shape index (κ3) is 6.12. The average molecular weight is 291 g/mol. The Balaban J connectivity index is 1.86. The summed E-state index contributed by atoms with van der Waals surface area (Å²) in [5, 5.41) is 3.49.